The minimum atomic E-state index is -4.75. The Hall–Kier alpha value is -1.53. The molecule has 2 aromatic rings. The van der Waals surface area contributed by atoms with E-state index in [0.717, 1.165) is 18.4 Å². The predicted molar refractivity (Wildman–Crippen MR) is 88.1 cm³/mol. The fourth-order valence-electron chi connectivity index (χ4n) is 2.94. The van der Waals surface area contributed by atoms with Gasteiger partial charge in [0.2, 0.25) is 0 Å². The Balaban J connectivity index is 1.97. The molecule has 2 nitrogen and oxygen atoms in total. The van der Waals surface area contributed by atoms with E-state index in [9.17, 15) is 18.3 Å². The summed E-state index contributed by atoms with van der Waals surface area (Å²) in [5, 5.41) is 10.7. The Labute approximate surface area is 146 Å². The molecule has 0 heterocycles. The number of hydrogen-bond donors (Lipinski definition) is 1. The van der Waals surface area contributed by atoms with E-state index in [1.165, 1.54) is 23.3 Å². The molecule has 0 aromatic heterocycles. The highest BCUT2D eigenvalue weighted by Gasteiger charge is 2.32. The summed E-state index contributed by atoms with van der Waals surface area (Å²) >= 11 is 3.11. The van der Waals surface area contributed by atoms with Gasteiger partial charge in [0, 0.05) is 0 Å². The van der Waals surface area contributed by atoms with Gasteiger partial charge in [-0.15, -0.1) is 13.2 Å². The van der Waals surface area contributed by atoms with Gasteiger partial charge in [0.25, 0.3) is 0 Å². The summed E-state index contributed by atoms with van der Waals surface area (Å²) in [4.78, 5) is 0. The zero-order valence-electron chi connectivity index (χ0n) is 13.0. The van der Waals surface area contributed by atoms with Gasteiger partial charge in [-0.1, -0.05) is 25.1 Å². The molecule has 0 aliphatic heterocycles. The predicted octanol–water partition coefficient (Wildman–Crippen LogP) is 5.09. The van der Waals surface area contributed by atoms with Crippen molar-refractivity contribution in [3.8, 4) is 5.75 Å². The molecule has 24 heavy (non-hydrogen) atoms. The summed E-state index contributed by atoms with van der Waals surface area (Å²) in [6.07, 6.45) is -3.10. The highest BCUT2D eigenvalue weighted by Crippen LogP contribution is 2.37. The van der Waals surface area contributed by atoms with Gasteiger partial charge in [0.05, 0.1) is 4.47 Å². The Morgan fingerprint density at radius 3 is 2.42 bits per heavy atom. The number of rotatable bonds is 4. The molecule has 6 heteroatoms. The molecule has 0 spiro atoms. The quantitative estimate of drug-likeness (QED) is 0.774. The average molecular weight is 401 g/mol. The molecule has 0 bridgehead atoms. The lowest BCUT2D eigenvalue weighted by Gasteiger charge is -2.23. The van der Waals surface area contributed by atoms with Gasteiger partial charge in [-0.3, -0.25) is 0 Å². The molecule has 1 N–H and O–H groups in total. The molecular weight excluding hydrogens is 385 g/mol. The summed E-state index contributed by atoms with van der Waals surface area (Å²) in [6, 6.07) is 8.67. The third kappa shape index (κ3) is 3.44. The third-order valence-corrected chi connectivity index (χ3v) is 4.92. The van der Waals surface area contributed by atoms with Crippen LogP contribution >= 0.6 is 15.9 Å². The largest absolute Gasteiger partial charge is 0.573 e. The molecule has 1 aliphatic rings. The second-order valence-corrected chi connectivity index (χ2v) is 6.67. The number of aryl methyl sites for hydroxylation is 3. The minimum Gasteiger partial charge on any atom is -0.405 e. The summed E-state index contributed by atoms with van der Waals surface area (Å²) in [7, 11) is 0. The van der Waals surface area contributed by atoms with Crippen LogP contribution in [0.2, 0.25) is 0 Å². The van der Waals surface area contributed by atoms with Crippen molar-refractivity contribution in [2.45, 2.75) is 38.7 Å². The van der Waals surface area contributed by atoms with Gasteiger partial charge in [0.1, 0.15) is 11.9 Å². The van der Waals surface area contributed by atoms with Crippen molar-refractivity contribution in [1.82, 2.24) is 0 Å². The van der Waals surface area contributed by atoms with E-state index < -0.39 is 12.5 Å². The zero-order chi connectivity index (χ0) is 17.5. The molecule has 1 unspecified atom stereocenters. The first-order valence-electron chi connectivity index (χ1n) is 7.66. The molecule has 0 amide bonds. The third-order valence-electron chi connectivity index (χ3n) is 4.30. The number of fused-ring (bicyclic) bond motifs is 1. The fourth-order valence-corrected chi connectivity index (χ4v) is 3.38. The average Bonchev–Trinajstić information content (AvgIpc) is 2.48. The second-order valence-electron chi connectivity index (χ2n) is 5.81. The number of hydrogen-bond acceptors (Lipinski definition) is 2. The van der Waals surface area contributed by atoms with Crippen LogP contribution in [0.1, 0.15) is 40.8 Å². The lowest BCUT2D eigenvalue weighted by Crippen LogP contribution is -2.18. The Kier molecular flexibility index (Phi) is 4.62. The highest BCUT2D eigenvalue weighted by molar-refractivity contribution is 9.10. The van der Waals surface area contributed by atoms with Crippen molar-refractivity contribution in [3.63, 3.8) is 0 Å². The molecule has 0 saturated carbocycles. The molecular formula is C18H16BrF3O2. The number of benzene rings is 2. The zero-order valence-corrected chi connectivity index (χ0v) is 14.5. The van der Waals surface area contributed by atoms with E-state index in [1.54, 1.807) is 0 Å². The van der Waals surface area contributed by atoms with E-state index >= 15 is 0 Å². The fraction of sp³-hybridized carbons (Fsp3) is 0.333. The maximum absolute atomic E-state index is 12.5. The molecule has 1 aliphatic carbocycles. The number of halogens is 4. The molecule has 2 aromatic carbocycles. The number of aliphatic hydroxyl groups is 1. The summed E-state index contributed by atoms with van der Waals surface area (Å²) in [5.74, 6) is -0.299. The van der Waals surface area contributed by atoms with E-state index in [2.05, 4.69) is 20.7 Å². The van der Waals surface area contributed by atoms with Crippen LogP contribution in [0, 0.1) is 0 Å². The van der Waals surface area contributed by atoms with Crippen molar-refractivity contribution >= 4 is 15.9 Å². The molecule has 3 rings (SSSR count). The van der Waals surface area contributed by atoms with Gasteiger partial charge in [0.15, 0.2) is 0 Å². The van der Waals surface area contributed by atoms with Gasteiger partial charge >= 0.3 is 6.36 Å². The Morgan fingerprint density at radius 1 is 1.17 bits per heavy atom. The molecule has 0 saturated heterocycles. The molecule has 0 radical (unpaired) electrons. The SMILES string of the molecule is CCc1cc(OC(F)(F)F)c(Br)cc1C(O)c1ccc2c(c1)CC2. The second kappa shape index (κ2) is 6.41. The maximum Gasteiger partial charge on any atom is 0.573 e. The minimum absolute atomic E-state index is 0.162. The van der Waals surface area contributed by atoms with Crippen LogP contribution in [0.3, 0.4) is 0 Å². The molecule has 0 fully saturated rings. The topological polar surface area (TPSA) is 29.5 Å². The van der Waals surface area contributed by atoms with E-state index in [0.29, 0.717) is 17.5 Å². The normalized spacial score (nSPS) is 14.8. The Bertz CT molecular complexity index is 772. The first-order valence-corrected chi connectivity index (χ1v) is 8.45. The van der Waals surface area contributed by atoms with Crippen molar-refractivity contribution < 1.29 is 23.0 Å². The van der Waals surface area contributed by atoms with E-state index in [-0.39, 0.29) is 10.2 Å². The van der Waals surface area contributed by atoms with Crippen molar-refractivity contribution in [3.05, 3.63) is 62.6 Å². The summed E-state index contributed by atoms with van der Waals surface area (Å²) in [5.41, 5.74) is 4.46. The molecule has 128 valence electrons. The van der Waals surface area contributed by atoms with E-state index in [1.807, 2.05) is 25.1 Å². The lowest BCUT2D eigenvalue weighted by atomic mass is 9.85. The van der Waals surface area contributed by atoms with Crippen molar-refractivity contribution in [2.24, 2.45) is 0 Å². The first kappa shape index (κ1) is 17.3. The maximum atomic E-state index is 12.5. The van der Waals surface area contributed by atoms with Crippen LogP contribution in [0.15, 0.2) is 34.8 Å². The van der Waals surface area contributed by atoms with Crippen LogP contribution in [0.5, 0.6) is 5.75 Å². The van der Waals surface area contributed by atoms with Crippen LogP contribution in [0.4, 0.5) is 13.2 Å². The van der Waals surface area contributed by atoms with Gasteiger partial charge in [-0.25, -0.2) is 0 Å². The standard InChI is InChI=1S/C18H16BrF3O2/c1-2-10-8-16(24-18(20,21)22)15(19)9-14(10)17(23)13-6-4-11-3-5-12(11)7-13/h4,6-9,17,23H,2-3,5H2,1H3. The van der Waals surface area contributed by atoms with Gasteiger partial charge < -0.3 is 9.84 Å². The van der Waals surface area contributed by atoms with Crippen LogP contribution < -0.4 is 4.74 Å². The van der Waals surface area contributed by atoms with Crippen LogP contribution in [-0.2, 0) is 19.3 Å². The molecule has 1 atom stereocenters. The van der Waals surface area contributed by atoms with Gasteiger partial charge in [-0.05, 0) is 75.1 Å². The monoisotopic (exact) mass is 400 g/mol. The summed E-state index contributed by atoms with van der Waals surface area (Å²) in [6.45, 7) is 1.83. The highest BCUT2D eigenvalue weighted by atomic mass is 79.9. The number of alkyl halides is 3. The van der Waals surface area contributed by atoms with Crippen LogP contribution in [0.25, 0.3) is 0 Å². The Morgan fingerprint density at radius 2 is 1.88 bits per heavy atom. The first-order chi connectivity index (χ1) is 11.3. The smallest absolute Gasteiger partial charge is 0.405 e. The number of ether oxygens (including phenoxy) is 1. The van der Waals surface area contributed by atoms with Crippen molar-refractivity contribution in [1.29, 1.82) is 0 Å². The number of aliphatic hydroxyl groups excluding tert-OH is 1. The lowest BCUT2D eigenvalue weighted by molar-refractivity contribution is -0.274. The van der Waals surface area contributed by atoms with Crippen LogP contribution in [-0.4, -0.2) is 11.5 Å². The summed E-state index contributed by atoms with van der Waals surface area (Å²) < 4.78 is 41.6. The van der Waals surface area contributed by atoms with Gasteiger partial charge in [-0.2, -0.15) is 0 Å². The van der Waals surface area contributed by atoms with Crippen molar-refractivity contribution in [2.75, 3.05) is 0 Å². The van der Waals surface area contributed by atoms with E-state index in [4.69, 9.17) is 0 Å².